The molecule has 0 atom stereocenters. The van der Waals surface area contributed by atoms with Crippen molar-refractivity contribution in [2.45, 2.75) is 40.0 Å². The molecule has 0 saturated heterocycles. The van der Waals surface area contributed by atoms with Crippen molar-refractivity contribution in [1.82, 2.24) is 9.97 Å². The molecule has 0 saturated carbocycles. The van der Waals surface area contributed by atoms with Crippen molar-refractivity contribution < 1.29 is 4.39 Å². The summed E-state index contributed by atoms with van der Waals surface area (Å²) in [7, 11) is 0. The second-order valence-corrected chi connectivity index (χ2v) is 5.54. The quantitative estimate of drug-likeness (QED) is 0.877. The monoisotopic (exact) mass is 287 g/mol. The summed E-state index contributed by atoms with van der Waals surface area (Å²) in [6.45, 7) is 9.04. The summed E-state index contributed by atoms with van der Waals surface area (Å²) in [5, 5.41) is 3.29. The minimum absolute atomic E-state index is 0.223. The van der Waals surface area contributed by atoms with Crippen LogP contribution in [0.4, 0.5) is 10.2 Å². The zero-order valence-corrected chi connectivity index (χ0v) is 13.1. The van der Waals surface area contributed by atoms with E-state index in [1.165, 1.54) is 12.1 Å². The van der Waals surface area contributed by atoms with Gasteiger partial charge in [0.1, 0.15) is 17.5 Å². The van der Waals surface area contributed by atoms with E-state index in [9.17, 15) is 4.39 Å². The first-order chi connectivity index (χ1) is 10.0. The normalized spacial score (nSPS) is 11.0. The lowest BCUT2D eigenvalue weighted by atomic mass is 10.0. The van der Waals surface area contributed by atoms with Crippen LogP contribution < -0.4 is 5.32 Å². The molecular weight excluding hydrogens is 265 g/mol. The lowest BCUT2D eigenvalue weighted by Crippen LogP contribution is -2.07. The number of nitrogens with one attached hydrogen (secondary N) is 1. The summed E-state index contributed by atoms with van der Waals surface area (Å²) in [6, 6.07) is 6.68. The van der Waals surface area contributed by atoms with Gasteiger partial charge in [-0.05, 0) is 31.0 Å². The van der Waals surface area contributed by atoms with Gasteiger partial charge < -0.3 is 5.32 Å². The van der Waals surface area contributed by atoms with Gasteiger partial charge >= 0.3 is 0 Å². The number of anilines is 1. The van der Waals surface area contributed by atoms with Crippen LogP contribution in [0.3, 0.4) is 0 Å². The first-order valence-electron chi connectivity index (χ1n) is 7.40. The number of rotatable bonds is 5. The first kappa shape index (κ1) is 15.4. The summed E-state index contributed by atoms with van der Waals surface area (Å²) >= 11 is 0. The fourth-order valence-electron chi connectivity index (χ4n) is 2.08. The third kappa shape index (κ3) is 3.78. The molecule has 0 spiro atoms. The van der Waals surface area contributed by atoms with E-state index < -0.39 is 0 Å². The molecule has 0 bridgehead atoms. The SMILES string of the molecule is CCCNc1cc(-c2cc(F)ccc2C)nc(C(C)C)n1. The van der Waals surface area contributed by atoms with Crippen molar-refractivity contribution in [3.63, 3.8) is 0 Å². The molecular formula is C17H22FN3. The largest absolute Gasteiger partial charge is 0.370 e. The van der Waals surface area contributed by atoms with Crippen LogP contribution in [0.25, 0.3) is 11.3 Å². The van der Waals surface area contributed by atoms with Crippen molar-refractivity contribution in [1.29, 1.82) is 0 Å². The average molecular weight is 287 g/mol. The summed E-state index contributed by atoms with van der Waals surface area (Å²) in [5.74, 6) is 1.55. The molecule has 112 valence electrons. The second kappa shape index (κ2) is 6.66. The molecule has 0 aliphatic rings. The highest BCUT2D eigenvalue weighted by Crippen LogP contribution is 2.26. The molecule has 1 aromatic heterocycles. The molecule has 1 aromatic carbocycles. The standard InChI is InChI=1S/C17H22FN3/c1-5-8-19-16-10-15(20-17(21-16)11(2)3)14-9-13(18)7-6-12(14)4/h6-7,9-11H,5,8H2,1-4H3,(H,19,20,21). The first-order valence-corrected chi connectivity index (χ1v) is 7.40. The third-order valence-electron chi connectivity index (χ3n) is 3.29. The summed E-state index contributed by atoms with van der Waals surface area (Å²) in [5.41, 5.74) is 2.59. The Morgan fingerprint density at radius 1 is 1.19 bits per heavy atom. The summed E-state index contributed by atoms with van der Waals surface area (Å²) in [6.07, 6.45) is 1.02. The molecule has 0 fully saturated rings. The van der Waals surface area contributed by atoms with Crippen molar-refractivity contribution in [3.05, 3.63) is 41.5 Å². The predicted molar refractivity (Wildman–Crippen MR) is 85.0 cm³/mol. The van der Waals surface area contributed by atoms with Crippen LogP contribution in [0.1, 0.15) is 44.5 Å². The van der Waals surface area contributed by atoms with Crippen LogP contribution in [0.15, 0.2) is 24.3 Å². The summed E-state index contributed by atoms with van der Waals surface area (Å²) in [4.78, 5) is 9.13. The Labute approximate surface area is 125 Å². The van der Waals surface area contributed by atoms with Crippen molar-refractivity contribution in [2.24, 2.45) is 0 Å². The average Bonchev–Trinajstić information content (AvgIpc) is 2.47. The molecule has 2 aromatic rings. The lowest BCUT2D eigenvalue weighted by Gasteiger charge is -2.13. The van der Waals surface area contributed by atoms with E-state index >= 15 is 0 Å². The molecule has 0 aliphatic heterocycles. The lowest BCUT2D eigenvalue weighted by molar-refractivity contribution is 0.628. The zero-order chi connectivity index (χ0) is 15.4. The highest BCUT2D eigenvalue weighted by Gasteiger charge is 2.11. The predicted octanol–water partition coefficient (Wildman–Crippen LogP) is 4.54. The molecule has 1 N–H and O–H groups in total. The van der Waals surface area contributed by atoms with E-state index in [1.54, 1.807) is 6.07 Å². The van der Waals surface area contributed by atoms with Gasteiger partial charge in [-0.3, -0.25) is 0 Å². The van der Waals surface area contributed by atoms with Crippen LogP contribution in [0.2, 0.25) is 0 Å². The Morgan fingerprint density at radius 3 is 2.62 bits per heavy atom. The zero-order valence-electron chi connectivity index (χ0n) is 13.1. The van der Waals surface area contributed by atoms with Crippen LogP contribution >= 0.6 is 0 Å². The maximum Gasteiger partial charge on any atom is 0.133 e. The highest BCUT2D eigenvalue weighted by atomic mass is 19.1. The molecule has 21 heavy (non-hydrogen) atoms. The van der Waals surface area contributed by atoms with Gasteiger partial charge in [0.15, 0.2) is 0 Å². The second-order valence-electron chi connectivity index (χ2n) is 5.54. The molecule has 4 heteroatoms. The number of aryl methyl sites for hydroxylation is 1. The Kier molecular flexibility index (Phi) is 4.89. The Bertz CT molecular complexity index is 623. The van der Waals surface area contributed by atoms with Crippen LogP contribution in [0, 0.1) is 12.7 Å². The van der Waals surface area contributed by atoms with Gasteiger partial charge in [-0.25, -0.2) is 14.4 Å². The van der Waals surface area contributed by atoms with E-state index in [0.717, 1.165) is 41.4 Å². The fraction of sp³-hybridized carbons (Fsp3) is 0.412. The van der Waals surface area contributed by atoms with Gasteiger partial charge in [-0.2, -0.15) is 0 Å². The maximum absolute atomic E-state index is 13.5. The summed E-state index contributed by atoms with van der Waals surface area (Å²) < 4.78 is 13.5. The van der Waals surface area contributed by atoms with Crippen molar-refractivity contribution in [3.8, 4) is 11.3 Å². The third-order valence-corrected chi connectivity index (χ3v) is 3.29. The van der Waals surface area contributed by atoms with E-state index in [-0.39, 0.29) is 11.7 Å². The van der Waals surface area contributed by atoms with Gasteiger partial charge in [0, 0.05) is 24.1 Å². The number of hydrogen-bond acceptors (Lipinski definition) is 3. The highest BCUT2D eigenvalue weighted by molar-refractivity contribution is 5.66. The number of aromatic nitrogens is 2. The molecule has 0 radical (unpaired) electrons. The molecule has 0 amide bonds. The number of hydrogen-bond donors (Lipinski definition) is 1. The van der Waals surface area contributed by atoms with Crippen molar-refractivity contribution in [2.75, 3.05) is 11.9 Å². The maximum atomic E-state index is 13.5. The molecule has 2 rings (SSSR count). The van der Waals surface area contributed by atoms with Gasteiger partial charge in [0.2, 0.25) is 0 Å². The minimum atomic E-state index is -0.247. The van der Waals surface area contributed by atoms with Crippen molar-refractivity contribution >= 4 is 5.82 Å². The van der Waals surface area contributed by atoms with E-state index in [0.29, 0.717) is 0 Å². The van der Waals surface area contributed by atoms with Gasteiger partial charge in [0.25, 0.3) is 0 Å². The topological polar surface area (TPSA) is 37.8 Å². The van der Waals surface area contributed by atoms with Crippen LogP contribution in [0.5, 0.6) is 0 Å². The number of benzene rings is 1. The molecule has 0 aliphatic carbocycles. The Morgan fingerprint density at radius 2 is 1.95 bits per heavy atom. The van der Waals surface area contributed by atoms with E-state index in [1.807, 2.05) is 13.0 Å². The van der Waals surface area contributed by atoms with Gasteiger partial charge in [0.05, 0.1) is 5.69 Å². The van der Waals surface area contributed by atoms with Crippen LogP contribution in [-0.4, -0.2) is 16.5 Å². The molecule has 1 heterocycles. The van der Waals surface area contributed by atoms with Crippen LogP contribution in [-0.2, 0) is 0 Å². The number of nitrogens with zero attached hydrogens (tertiary/aromatic N) is 2. The van der Waals surface area contributed by atoms with Gasteiger partial charge in [-0.1, -0.05) is 26.8 Å². The molecule has 0 unspecified atom stereocenters. The fourth-order valence-corrected chi connectivity index (χ4v) is 2.08. The smallest absolute Gasteiger partial charge is 0.133 e. The minimum Gasteiger partial charge on any atom is -0.370 e. The van der Waals surface area contributed by atoms with E-state index in [4.69, 9.17) is 0 Å². The Hall–Kier alpha value is -1.97. The Balaban J connectivity index is 2.51. The van der Waals surface area contributed by atoms with Gasteiger partial charge in [-0.15, -0.1) is 0 Å². The number of halogens is 1. The molecule has 3 nitrogen and oxygen atoms in total. The van der Waals surface area contributed by atoms with E-state index in [2.05, 4.69) is 36.1 Å².